The van der Waals surface area contributed by atoms with Crippen LogP contribution in [0.25, 0.3) is 5.69 Å². The zero-order valence-electron chi connectivity index (χ0n) is 16.3. The lowest BCUT2D eigenvalue weighted by atomic mass is 10.2. The first-order chi connectivity index (χ1) is 14.4. The number of amides is 1. The van der Waals surface area contributed by atoms with Gasteiger partial charge in [-0.25, -0.2) is 14.2 Å². The summed E-state index contributed by atoms with van der Waals surface area (Å²) in [5.74, 6) is -1.39. The number of esters is 1. The number of aromatic nitrogens is 2. The van der Waals surface area contributed by atoms with Gasteiger partial charge in [0.15, 0.2) is 17.5 Å². The van der Waals surface area contributed by atoms with Crippen LogP contribution in [0.4, 0.5) is 4.39 Å². The third kappa shape index (κ3) is 5.28. The highest BCUT2D eigenvalue weighted by Crippen LogP contribution is 2.22. The predicted octanol–water partition coefficient (Wildman–Crippen LogP) is 4.31. The number of nitrogens with zero attached hydrogens (tertiary/aromatic N) is 3. The van der Waals surface area contributed by atoms with Gasteiger partial charge in [0, 0.05) is 23.8 Å². The highest BCUT2D eigenvalue weighted by Gasteiger charge is 2.21. The maximum atomic E-state index is 13.3. The molecule has 6 nitrogen and oxygen atoms in total. The maximum absolute atomic E-state index is 13.3. The Hall–Kier alpha value is -2.65. The summed E-state index contributed by atoms with van der Waals surface area (Å²) in [5, 5.41) is 0.548. The molecule has 0 N–H and O–H groups in total. The Morgan fingerprint density at radius 3 is 2.47 bits per heavy atom. The molecule has 0 saturated heterocycles. The van der Waals surface area contributed by atoms with E-state index in [0.717, 1.165) is 10.0 Å². The van der Waals surface area contributed by atoms with E-state index in [1.165, 1.54) is 35.0 Å². The van der Waals surface area contributed by atoms with Crippen molar-refractivity contribution in [3.63, 3.8) is 0 Å². The molecule has 0 aliphatic rings. The van der Waals surface area contributed by atoms with E-state index in [-0.39, 0.29) is 17.4 Å². The monoisotopic (exact) mass is 491 g/mol. The van der Waals surface area contributed by atoms with Gasteiger partial charge in [0.1, 0.15) is 5.82 Å². The number of likely N-dealkylation sites (N-methyl/N-ethyl adjacent to an activating group) is 1. The molecule has 0 aliphatic carbocycles. The van der Waals surface area contributed by atoms with Crippen LogP contribution in [-0.4, -0.2) is 46.2 Å². The molecule has 1 aromatic heterocycles. The Balaban J connectivity index is 1.67. The third-order valence-electron chi connectivity index (χ3n) is 4.29. The van der Waals surface area contributed by atoms with Gasteiger partial charge in [-0.2, -0.15) is 0 Å². The number of imidazole rings is 1. The quantitative estimate of drug-likeness (QED) is 0.363. The van der Waals surface area contributed by atoms with Crippen LogP contribution < -0.4 is 0 Å². The summed E-state index contributed by atoms with van der Waals surface area (Å²) in [6.07, 6.45) is 3.20. The predicted molar refractivity (Wildman–Crippen MR) is 116 cm³/mol. The van der Waals surface area contributed by atoms with E-state index in [9.17, 15) is 14.0 Å². The van der Waals surface area contributed by atoms with Crippen molar-refractivity contribution in [1.82, 2.24) is 14.5 Å². The fourth-order valence-corrected chi connectivity index (χ4v) is 3.53. The SMILES string of the molecule is CSc1ncc(C(=O)OCC(=O)N(C)Cc2ccc(Br)cc2)n1-c1ccc(F)cc1. The van der Waals surface area contributed by atoms with Gasteiger partial charge in [-0.15, -0.1) is 0 Å². The average molecular weight is 492 g/mol. The minimum Gasteiger partial charge on any atom is -0.451 e. The highest BCUT2D eigenvalue weighted by atomic mass is 79.9. The Morgan fingerprint density at radius 2 is 1.83 bits per heavy atom. The molecular weight excluding hydrogens is 473 g/mol. The van der Waals surface area contributed by atoms with Crippen LogP contribution in [0.2, 0.25) is 0 Å². The Labute approximate surface area is 186 Å². The molecule has 1 heterocycles. The summed E-state index contributed by atoms with van der Waals surface area (Å²) in [7, 11) is 1.65. The summed E-state index contributed by atoms with van der Waals surface area (Å²) < 4.78 is 21.0. The van der Waals surface area contributed by atoms with Gasteiger partial charge >= 0.3 is 5.97 Å². The molecule has 0 fully saturated rings. The number of rotatable bonds is 7. The zero-order valence-corrected chi connectivity index (χ0v) is 18.7. The van der Waals surface area contributed by atoms with Crippen LogP contribution in [0, 0.1) is 5.82 Å². The molecule has 0 aliphatic heterocycles. The molecular formula is C21H19BrFN3O3S. The third-order valence-corrected chi connectivity index (χ3v) is 5.47. The lowest BCUT2D eigenvalue weighted by Gasteiger charge is -2.17. The van der Waals surface area contributed by atoms with Crippen LogP contribution in [0.1, 0.15) is 16.1 Å². The van der Waals surface area contributed by atoms with E-state index >= 15 is 0 Å². The van der Waals surface area contributed by atoms with Crippen molar-refractivity contribution in [2.24, 2.45) is 0 Å². The molecule has 1 amide bonds. The van der Waals surface area contributed by atoms with Crippen molar-refractivity contribution < 1.29 is 18.7 Å². The van der Waals surface area contributed by atoms with Crippen LogP contribution in [0.15, 0.2) is 64.4 Å². The fraction of sp³-hybridized carbons (Fsp3) is 0.190. The Kier molecular flexibility index (Phi) is 7.28. The molecule has 9 heteroatoms. The number of carbonyl (C=O) groups excluding carboxylic acids is 2. The van der Waals surface area contributed by atoms with Crippen LogP contribution >= 0.6 is 27.7 Å². The molecule has 0 radical (unpaired) electrons. The molecule has 0 atom stereocenters. The van der Waals surface area contributed by atoms with Gasteiger partial charge < -0.3 is 9.64 Å². The molecule has 30 heavy (non-hydrogen) atoms. The molecule has 156 valence electrons. The largest absolute Gasteiger partial charge is 0.451 e. The number of benzene rings is 2. The summed E-state index contributed by atoms with van der Waals surface area (Å²) in [4.78, 5) is 30.7. The van der Waals surface area contributed by atoms with Gasteiger partial charge in [0.05, 0.1) is 6.20 Å². The van der Waals surface area contributed by atoms with Crippen molar-refractivity contribution in [2.45, 2.75) is 11.7 Å². The lowest BCUT2D eigenvalue weighted by molar-refractivity contribution is -0.133. The normalized spacial score (nSPS) is 10.7. The van der Waals surface area contributed by atoms with E-state index in [1.807, 2.05) is 30.5 Å². The number of hydrogen-bond donors (Lipinski definition) is 0. The maximum Gasteiger partial charge on any atom is 0.357 e. The molecule has 0 saturated carbocycles. The molecule has 0 unspecified atom stereocenters. The van der Waals surface area contributed by atoms with Crippen molar-refractivity contribution in [3.8, 4) is 5.69 Å². The second kappa shape index (κ2) is 9.90. The molecule has 2 aromatic carbocycles. The first kappa shape index (κ1) is 22.0. The second-order valence-electron chi connectivity index (χ2n) is 6.39. The number of carbonyl (C=O) groups is 2. The van der Waals surface area contributed by atoms with Gasteiger partial charge in [-0.1, -0.05) is 39.8 Å². The smallest absolute Gasteiger partial charge is 0.357 e. The molecule has 0 spiro atoms. The Morgan fingerprint density at radius 1 is 1.17 bits per heavy atom. The summed E-state index contributed by atoms with van der Waals surface area (Å²) in [6.45, 7) is 0.00284. The van der Waals surface area contributed by atoms with Gasteiger partial charge in [-0.05, 0) is 48.2 Å². The van der Waals surface area contributed by atoms with Crippen molar-refractivity contribution >= 4 is 39.6 Å². The van der Waals surface area contributed by atoms with E-state index < -0.39 is 12.6 Å². The minimum absolute atomic E-state index is 0.161. The average Bonchev–Trinajstić information content (AvgIpc) is 3.18. The number of halogens is 2. The number of hydrogen-bond acceptors (Lipinski definition) is 5. The van der Waals surface area contributed by atoms with Gasteiger partial charge in [0.25, 0.3) is 5.91 Å². The van der Waals surface area contributed by atoms with Crippen molar-refractivity contribution in [2.75, 3.05) is 19.9 Å². The summed E-state index contributed by atoms with van der Waals surface area (Å²) >= 11 is 4.71. The fourth-order valence-electron chi connectivity index (χ4n) is 2.73. The van der Waals surface area contributed by atoms with Gasteiger partial charge in [-0.3, -0.25) is 9.36 Å². The molecule has 3 aromatic rings. The van der Waals surface area contributed by atoms with E-state index in [1.54, 1.807) is 23.7 Å². The first-order valence-electron chi connectivity index (χ1n) is 8.92. The minimum atomic E-state index is -0.683. The molecule has 0 bridgehead atoms. The number of thioether (sulfide) groups is 1. The first-order valence-corrected chi connectivity index (χ1v) is 10.9. The standard InChI is InChI=1S/C21H19BrFN3O3S/c1-25(12-14-3-5-15(22)6-4-14)19(27)13-29-20(28)18-11-24-21(30-2)26(18)17-9-7-16(23)8-10-17/h3-11H,12-13H2,1-2H3. The summed E-state index contributed by atoms with van der Waals surface area (Å²) in [6, 6.07) is 13.3. The Bertz CT molecular complexity index is 1040. The lowest BCUT2D eigenvalue weighted by Crippen LogP contribution is -2.31. The molecule has 3 rings (SSSR count). The van der Waals surface area contributed by atoms with Crippen LogP contribution in [0.5, 0.6) is 0 Å². The van der Waals surface area contributed by atoms with Crippen LogP contribution in [-0.2, 0) is 16.1 Å². The topological polar surface area (TPSA) is 64.4 Å². The second-order valence-corrected chi connectivity index (χ2v) is 8.08. The van der Waals surface area contributed by atoms with Gasteiger partial charge in [0.2, 0.25) is 0 Å². The highest BCUT2D eigenvalue weighted by molar-refractivity contribution is 9.10. The summed E-state index contributed by atoms with van der Waals surface area (Å²) in [5.41, 5.74) is 1.69. The van der Waals surface area contributed by atoms with Crippen LogP contribution in [0.3, 0.4) is 0 Å². The van der Waals surface area contributed by atoms with Crippen molar-refractivity contribution in [1.29, 1.82) is 0 Å². The van der Waals surface area contributed by atoms with E-state index in [4.69, 9.17) is 4.74 Å². The number of ether oxygens (including phenoxy) is 1. The zero-order chi connectivity index (χ0) is 21.7. The van der Waals surface area contributed by atoms with E-state index in [2.05, 4.69) is 20.9 Å². The van der Waals surface area contributed by atoms with E-state index in [0.29, 0.717) is 17.4 Å². The van der Waals surface area contributed by atoms with Crippen molar-refractivity contribution in [3.05, 3.63) is 76.3 Å².